The Kier molecular flexibility index (Phi) is 5.97. The van der Waals surface area contributed by atoms with Crippen LogP contribution in [-0.2, 0) is 17.5 Å². The van der Waals surface area contributed by atoms with Gasteiger partial charge in [0.05, 0.1) is 18.1 Å². The number of alkyl halides is 3. The number of nitrogens with zero attached hydrogens (tertiary/aromatic N) is 1. The Hall–Kier alpha value is -2.61. The Balaban J connectivity index is 0.000000181. The van der Waals surface area contributed by atoms with Crippen LogP contribution < -0.4 is 4.74 Å². The van der Waals surface area contributed by atoms with Crippen molar-refractivity contribution < 1.29 is 27.8 Å². The second kappa shape index (κ2) is 7.98. The van der Waals surface area contributed by atoms with Gasteiger partial charge >= 0.3 is 12.1 Å². The molecule has 0 amide bonds. The van der Waals surface area contributed by atoms with Crippen molar-refractivity contribution in [3.05, 3.63) is 65.0 Å². The lowest BCUT2D eigenvalue weighted by Crippen LogP contribution is -2.21. The molecular formula is C17H16F3N2O3-. The average Bonchev–Trinajstić information content (AvgIpc) is 2.61. The lowest BCUT2D eigenvalue weighted by molar-refractivity contribution is -0.139. The quantitative estimate of drug-likeness (QED) is 0.873. The van der Waals surface area contributed by atoms with Crippen LogP contribution in [0.3, 0.4) is 0 Å². The first-order valence-corrected chi connectivity index (χ1v) is 7.44. The highest BCUT2D eigenvalue weighted by atomic mass is 19.4. The summed E-state index contributed by atoms with van der Waals surface area (Å²) in [6, 6.07) is 8.09. The maximum Gasteiger partial charge on any atom is 0.416 e. The Morgan fingerprint density at radius 3 is 2.52 bits per heavy atom. The largest absolute Gasteiger partial charge is 0.674 e. The molecule has 3 rings (SSSR count). The van der Waals surface area contributed by atoms with Gasteiger partial charge < -0.3 is 15.6 Å². The SMILES string of the molecule is O=C(O)C1CCOc2ncccc21.[NH-]Cc1ccc(C(F)(F)F)cc1. The van der Waals surface area contributed by atoms with E-state index in [1.54, 1.807) is 18.3 Å². The smallest absolute Gasteiger partial charge is 0.416 e. The van der Waals surface area contributed by atoms with Gasteiger partial charge in [-0.05, 0) is 24.6 Å². The number of carboxylic acid groups (broad SMARTS) is 1. The molecule has 0 radical (unpaired) electrons. The lowest BCUT2D eigenvalue weighted by Gasteiger charge is -2.21. The van der Waals surface area contributed by atoms with Gasteiger partial charge in [0.25, 0.3) is 0 Å². The van der Waals surface area contributed by atoms with Crippen molar-refractivity contribution in [1.29, 1.82) is 0 Å². The molecule has 0 aliphatic carbocycles. The maximum atomic E-state index is 12.0. The molecule has 5 nitrogen and oxygen atoms in total. The third-order valence-corrected chi connectivity index (χ3v) is 3.60. The van der Waals surface area contributed by atoms with Crippen molar-refractivity contribution >= 4 is 5.97 Å². The second-order valence-electron chi connectivity index (χ2n) is 5.30. The molecule has 8 heteroatoms. The number of fused-ring (bicyclic) bond motifs is 1. The Morgan fingerprint density at radius 1 is 1.28 bits per heavy atom. The maximum absolute atomic E-state index is 12.0. The van der Waals surface area contributed by atoms with E-state index in [0.29, 0.717) is 30.0 Å². The zero-order chi connectivity index (χ0) is 18.4. The number of halogens is 3. The van der Waals surface area contributed by atoms with Crippen LogP contribution in [0.1, 0.15) is 29.0 Å². The predicted molar refractivity (Wildman–Crippen MR) is 84.2 cm³/mol. The summed E-state index contributed by atoms with van der Waals surface area (Å²) >= 11 is 0. The molecule has 2 N–H and O–H groups in total. The van der Waals surface area contributed by atoms with Crippen molar-refractivity contribution in [2.75, 3.05) is 6.61 Å². The van der Waals surface area contributed by atoms with Gasteiger partial charge in [0.2, 0.25) is 5.88 Å². The Morgan fingerprint density at radius 2 is 1.96 bits per heavy atom. The summed E-state index contributed by atoms with van der Waals surface area (Å²) in [6.07, 6.45) is -2.16. The number of carboxylic acids is 1. The number of pyridine rings is 1. The van der Waals surface area contributed by atoms with Crippen LogP contribution in [0.25, 0.3) is 5.73 Å². The fourth-order valence-corrected chi connectivity index (χ4v) is 2.29. The zero-order valence-corrected chi connectivity index (χ0v) is 13.1. The molecule has 0 spiro atoms. The van der Waals surface area contributed by atoms with Gasteiger partial charge in [0, 0.05) is 11.8 Å². The van der Waals surface area contributed by atoms with Crippen LogP contribution in [0.15, 0.2) is 42.6 Å². The molecule has 1 aliphatic heterocycles. The minimum atomic E-state index is -4.28. The molecule has 1 atom stereocenters. The van der Waals surface area contributed by atoms with Gasteiger partial charge in [-0.3, -0.25) is 4.79 Å². The molecule has 1 aromatic heterocycles. The molecule has 0 saturated heterocycles. The molecule has 2 heterocycles. The molecule has 1 unspecified atom stereocenters. The van der Waals surface area contributed by atoms with E-state index in [1.165, 1.54) is 12.1 Å². The van der Waals surface area contributed by atoms with E-state index >= 15 is 0 Å². The first kappa shape index (κ1) is 18.7. The van der Waals surface area contributed by atoms with Crippen LogP contribution in [0, 0.1) is 0 Å². The number of hydrogen-bond acceptors (Lipinski definition) is 3. The highest BCUT2D eigenvalue weighted by Gasteiger charge is 2.29. The van der Waals surface area contributed by atoms with Crippen molar-refractivity contribution in [1.82, 2.24) is 4.98 Å². The molecule has 0 fully saturated rings. The molecule has 2 aromatic rings. The van der Waals surface area contributed by atoms with Crippen molar-refractivity contribution in [2.24, 2.45) is 0 Å². The van der Waals surface area contributed by atoms with Crippen LogP contribution in [-0.4, -0.2) is 22.7 Å². The number of aliphatic carboxylic acids is 1. The van der Waals surface area contributed by atoms with Gasteiger partial charge in [-0.2, -0.15) is 13.2 Å². The third kappa shape index (κ3) is 4.93. The normalized spacial score (nSPS) is 16.1. The summed E-state index contributed by atoms with van der Waals surface area (Å²) in [4.78, 5) is 14.8. The summed E-state index contributed by atoms with van der Waals surface area (Å²) in [6.45, 7) is 0.444. The molecular weight excluding hydrogens is 337 g/mol. The number of nitrogens with one attached hydrogen (secondary N) is 1. The van der Waals surface area contributed by atoms with E-state index < -0.39 is 23.6 Å². The summed E-state index contributed by atoms with van der Waals surface area (Å²) in [5, 5.41) is 8.90. The molecule has 25 heavy (non-hydrogen) atoms. The van der Waals surface area contributed by atoms with Gasteiger partial charge in [0.1, 0.15) is 0 Å². The molecule has 0 saturated carbocycles. The zero-order valence-electron chi connectivity index (χ0n) is 13.1. The van der Waals surface area contributed by atoms with Crippen LogP contribution >= 0.6 is 0 Å². The van der Waals surface area contributed by atoms with Gasteiger partial charge in [-0.1, -0.05) is 23.8 Å². The van der Waals surface area contributed by atoms with Gasteiger partial charge in [0.15, 0.2) is 0 Å². The first-order chi connectivity index (χ1) is 11.8. The van der Waals surface area contributed by atoms with E-state index in [4.69, 9.17) is 15.6 Å². The monoisotopic (exact) mass is 353 g/mol. The van der Waals surface area contributed by atoms with Crippen LogP contribution in [0.4, 0.5) is 13.2 Å². The number of aromatic nitrogens is 1. The van der Waals surface area contributed by atoms with E-state index in [1.807, 2.05) is 0 Å². The van der Waals surface area contributed by atoms with Gasteiger partial charge in [-0.15, -0.1) is 6.54 Å². The number of rotatable bonds is 2. The van der Waals surface area contributed by atoms with E-state index in [0.717, 1.165) is 12.1 Å². The van der Waals surface area contributed by atoms with Crippen molar-refractivity contribution in [3.63, 3.8) is 0 Å². The Bertz CT molecular complexity index is 718. The second-order valence-corrected chi connectivity index (χ2v) is 5.30. The topological polar surface area (TPSA) is 83.2 Å². The Labute approximate surface area is 142 Å². The summed E-state index contributed by atoms with van der Waals surface area (Å²) in [7, 11) is 0. The van der Waals surface area contributed by atoms with E-state index in [2.05, 4.69) is 4.98 Å². The number of ether oxygens (including phenoxy) is 1. The highest BCUT2D eigenvalue weighted by molar-refractivity contribution is 5.77. The minimum Gasteiger partial charge on any atom is -0.674 e. The first-order valence-electron chi connectivity index (χ1n) is 7.44. The predicted octanol–water partition coefficient (Wildman–Crippen LogP) is 4.29. The van der Waals surface area contributed by atoms with E-state index in [-0.39, 0.29) is 6.54 Å². The summed E-state index contributed by atoms with van der Waals surface area (Å²) < 4.78 is 41.2. The lowest BCUT2D eigenvalue weighted by atomic mass is 9.96. The van der Waals surface area contributed by atoms with Crippen molar-refractivity contribution in [3.8, 4) is 5.88 Å². The summed E-state index contributed by atoms with van der Waals surface area (Å²) in [5.41, 5.74) is 7.49. The number of benzene rings is 1. The standard InChI is InChI=1S/C9H9NO3.C8H7F3N/c11-9(12)7-3-5-13-8-6(7)2-1-4-10-8;9-8(10,11)7-3-1-6(5-12)2-4-7/h1-2,4,7H,3,5H2,(H,11,12);1-4,12H,5H2/q;-1. The molecule has 1 aliphatic rings. The molecule has 0 bridgehead atoms. The summed E-state index contributed by atoms with van der Waals surface area (Å²) in [5.74, 6) is -0.809. The van der Waals surface area contributed by atoms with E-state index in [9.17, 15) is 18.0 Å². The molecule has 1 aromatic carbocycles. The van der Waals surface area contributed by atoms with Crippen LogP contribution in [0.2, 0.25) is 0 Å². The fraction of sp³-hybridized carbons (Fsp3) is 0.294. The third-order valence-electron chi connectivity index (χ3n) is 3.60. The van der Waals surface area contributed by atoms with Crippen molar-refractivity contribution in [2.45, 2.75) is 25.1 Å². The fourth-order valence-electron chi connectivity index (χ4n) is 2.29. The number of hydrogen-bond donors (Lipinski definition) is 1. The minimum absolute atomic E-state index is 0.0120. The highest BCUT2D eigenvalue weighted by Crippen LogP contribution is 2.31. The van der Waals surface area contributed by atoms with Crippen LogP contribution in [0.5, 0.6) is 5.88 Å². The average molecular weight is 353 g/mol. The molecule has 134 valence electrons. The number of carbonyl (C=O) groups is 1. The van der Waals surface area contributed by atoms with Gasteiger partial charge in [-0.25, -0.2) is 4.98 Å².